The van der Waals surface area contributed by atoms with Crippen molar-refractivity contribution in [2.45, 2.75) is 13.8 Å². The molecular weight excluding hydrogens is 368 g/mol. The Morgan fingerprint density at radius 2 is 1.85 bits per heavy atom. The molecule has 150 valence electrons. The van der Waals surface area contributed by atoms with Crippen LogP contribution in [0.25, 0.3) is 6.08 Å². The lowest BCUT2D eigenvalue weighted by Crippen LogP contribution is -2.49. The van der Waals surface area contributed by atoms with Gasteiger partial charge in [-0.25, -0.2) is 8.42 Å². The molecule has 1 aliphatic heterocycles. The van der Waals surface area contributed by atoms with Gasteiger partial charge in [-0.05, 0) is 29.7 Å². The van der Waals surface area contributed by atoms with Gasteiger partial charge in [-0.3, -0.25) is 4.79 Å². The smallest absolute Gasteiger partial charge is 0.246 e. The van der Waals surface area contributed by atoms with Gasteiger partial charge in [0.2, 0.25) is 15.9 Å². The highest BCUT2D eigenvalue weighted by Crippen LogP contribution is 2.29. The topological polar surface area (TPSA) is 76.2 Å². The SMILES string of the molecule is COc1cc(/C=C/C(=O)N2CCN(S(C)(=O)=O)CC2)ccc1OCC(C)C. The molecule has 0 bridgehead atoms. The van der Waals surface area contributed by atoms with Crippen LogP contribution in [0.5, 0.6) is 11.5 Å². The van der Waals surface area contributed by atoms with Gasteiger partial charge < -0.3 is 14.4 Å². The van der Waals surface area contributed by atoms with Crippen molar-refractivity contribution in [3.05, 3.63) is 29.8 Å². The van der Waals surface area contributed by atoms with Gasteiger partial charge in [0.25, 0.3) is 0 Å². The van der Waals surface area contributed by atoms with Crippen molar-refractivity contribution in [1.29, 1.82) is 0 Å². The third-order valence-electron chi connectivity index (χ3n) is 4.20. The number of benzene rings is 1. The Bertz CT molecular complexity index is 781. The summed E-state index contributed by atoms with van der Waals surface area (Å²) in [4.78, 5) is 14.0. The molecule has 1 fully saturated rings. The largest absolute Gasteiger partial charge is 0.493 e. The fraction of sp³-hybridized carbons (Fsp3) is 0.526. The van der Waals surface area contributed by atoms with Crippen molar-refractivity contribution in [2.75, 3.05) is 46.2 Å². The molecule has 0 radical (unpaired) electrons. The Labute approximate surface area is 161 Å². The molecule has 0 atom stereocenters. The van der Waals surface area contributed by atoms with Gasteiger partial charge in [-0.1, -0.05) is 19.9 Å². The van der Waals surface area contributed by atoms with Crippen LogP contribution in [0.1, 0.15) is 19.4 Å². The van der Waals surface area contributed by atoms with Crippen LogP contribution in [0.3, 0.4) is 0 Å². The minimum atomic E-state index is -3.20. The number of hydrogen-bond donors (Lipinski definition) is 0. The maximum atomic E-state index is 12.3. The van der Waals surface area contributed by atoms with Crippen molar-refractivity contribution in [3.63, 3.8) is 0 Å². The first kappa shape index (κ1) is 21.2. The number of ether oxygens (including phenoxy) is 2. The van der Waals surface area contributed by atoms with Crippen molar-refractivity contribution < 1.29 is 22.7 Å². The molecule has 1 saturated heterocycles. The zero-order valence-electron chi connectivity index (χ0n) is 16.3. The van der Waals surface area contributed by atoms with Crippen LogP contribution < -0.4 is 9.47 Å². The minimum Gasteiger partial charge on any atom is -0.493 e. The number of nitrogens with zero attached hydrogens (tertiary/aromatic N) is 2. The minimum absolute atomic E-state index is 0.137. The standard InChI is InChI=1S/C19H28N2O5S/c1-15(2)14-26-17-7-5-16(13-18(17)25-3)6-8-19(22)20-9-11-21(12-10-20)27(4,23)24/h5-8,13,15H,9-12,14H2,1-4H3/b8-6+. The summed E-state index contributed by atoms with van der Waals surface area (Å²) in [6.07, 6.45) is 4.41. The molecule has 0 saturated carbocycles. The predicted molar refractivity (Wildman–Crippen MR) is 105 cm³/mol. The van der Waals surface area contributed by atoms with Crippen molar-refractivity contribution in [1.82, 2.24) is 9.21 Å². The summed E-state index contributed by atoms with van der Waals surface area (Å²) in [6.45, 7) is 6.19. The van der Waals surface area contributed by atoms with E-state index >= 15 is 0 Å². The highest BCUT2D eigenvalue weighted by atomic mass is 32.2. The average molecular weight is 397 g/mol. The average Bonchev–Trinajstić information content (AvgIpc) is 2.64. The summed E-state index contributed by atoms with van der Waals surface area (Å²) in [7, 11) is -1.62. The van der Waals surface area contributed by atoms with Gasteiger partial charge in [0.05, 0.1) is 20.0 Å². The zero-order valence-corrected chi connectivity index (χ0v) is 17.2. The van der Waals surface area contributed by atoms with Crippen molar-refractivity contribution in [2.24, 2.45) is 5.92 Å². The molecule has 0 N–H and O–H groups in total. The lowest BCUT2D eigenvalue weighted by molar-refractivity contribution is -0.127. The van der Waals surface area contributed by atoms with E-state index in [1.54, 1.807) is 18.1 Å². The van der Waals surface area contributed by atoms with E-state index in [1.807, 2.05) is 18.2 Å². The number of amides is 1. The zero-order chi connectivity index (χ0) is 20.0. The lowest BCUT2D eigenvalue weighted by Gasteiger charge is -2.32. The Morgan fingerprint density at radius 1 is 1.19 bits per heavy atom. The summed E-state index contributed by atoms with van der Waals surface area (Å²) < 4.78 is 35.5. The number of hydrogen-bond acceptors (Lipinski definition) is 5. The molecular formula is C19H28N2O5S. The molecule has 27 heavy (non-hydrogen) atoms. The molecule has 0 spiro atoms. The number of carbonyl (C=O) groups excluding carboxylic acids is 1. The van der Waals surface area contributed by atoms with Crippen molar-refractivity contribution in [3.8, 4) is 11.5 Å². The molecule has 8 heteroatoms. The highest BCUT2D eigenvalue weighted by Gasteiger charge is 2.24. The molecule has 0 aromatic heterocycles. The maximum absolute atomic E-state index is 12.3. The monoisotopic (exact) mass is 396 g/mol. The van der Waals surface area contributed by atoms with Gasteiger partial charge in [-0.15, -0.1) is 0 Å². The third-order valence-corrected chi connectivity index (χ3v) is 5.50. The molecule has 1 aromatic rings. The Kier molecular flexibility index (Phi) is 7.26. The fourth-order valence-corrected chi connectivity index (χ4v) is 3.50. The number of piperazine rings is 1. The highest BCUT2D eigenvalue weighted by molar-refractivity contribution is 7.88. The number of methoxy groups -OCH3 is 1. The summed E-state index contributed by atoms with van der Waals surface area (Å²) in [5.41, 5.74) is 0.826. The quantitative estimate of drug-likeness (QED) is 0.658. The lowest BCUT2D eigenvalue weighted by atomic mass is 10.1. The number of rotatable bonds is 7. The van der Waals surface area contributed by atoms with E-state index in [0.717, 1.165) is 5.56 Å². The maximum Gasteiger partial charge on any atom is 0.246 e. The normalized spacial score (nSPS) is 16.1. The molecule has 1 heterocycles. The molecule has 1 amide bonds. The van der Waals surface area contributed by atoms with Crippen LogP contribution in [-0.2, 0) is 14.8 Å². The van der Waals surface area contributed by atoms with Crippen LogP contribution in [-0.4, -0.2) is 69.7 Å². The van der Waals surface area contributed by atoms with Crippen LogP contribution in [0.2, 0.25) is 0 Å². The van der Waals surface area contributed by atoms with E-state index in [2.05, 4.69) is 13.8 Å². The van der Waals surface area contributed by atoms with Crippen molar-refractivity contribution >= 4 is 22.0 Å². The first-order valence-electron chi connectivity index (χ1n) is 8.93. The summed E-state index contributed by atoms with van der Waals surface area (Å²) in [5, 5.41) is 0. The number of carbonyl (C=O) groups is 1. The molecule has 7 nitrogen and oxygen atoms in total. The van der Waals surface area contributed by atoms with Crippen LogP contribution >= 0.6 is 0 Å². The second-order valence-corrected chi connectivity index (χ2v) is 8.92. The van der Waals surface area contributed by atoms with E-state index in [1.165, 1.54) is 16.6 Å². The summed E-state index contributed by atoms with van der Waals surface area (Å²) in [6, 6.07) is 5.51. The van der Waals surface area contributed by atoms with Gasteiger partial charge in [0.15, 0.2) is 11.5 Å². The molecule has 1 aliphatic rings. The van der Waals surface area contributed by atoms with E-state index in [-0.39, 0.29) is 5.91 Å². The molecule has 0 aliphatic carbocycles. The third kappa shape index (κ3) is 6.25. The molecule has 2 rings (SSSR count). The van der Waals surface area contributed by atoms with Crippen LogP contribution in [0.4, 0.5) is 0 Å². The first-order valence-corrected chi connectivity index (χ1v) is 10.8. The Balaban J connectivity index is 1.98. The van der Waals surface area contributed by atoms with Gasteiger partial charge >= 0.3 is 0 Å². The second kappa shape index (κ2) is 9.23. The number of sulfonamides is 1. The van der Waals surface area contributed by atoms with Crippen LogP contribution in [0.15, 0.2) is 24.3 Å². The predicted octanol–water partition coefficient (Wildman–Crippen LogP) is 1.85. The van der Waals surface area contributed by atoms with Gasteiger partial charge in [-0.2, -0.15) is 4.31 Å². The Hall–Kier alpha value is -2.06. The summed E-state index contributed by atoms with van der Waals surface area (Å²) >= 11 is 0. The Morgan fingerprint density at radius 3 is 2.41 bits per heavy atom. The van der Waals surface area contributed by atoms with E-state index in [9.17, 15) is 13.2 Å². The molecule has 0 unspecified atom stereocenters. The first-order chi connectivity index (χ1) is 12.7. The van der Waals surface area contributed by atoms with Gasteiger partial charge in [0.1, 0.15) is 0 Å². The van der Waals surface area contributed by atoms with E-state index in [4.69, 9.17) is 9.47 Å². The molecule has 1 aromatic carbocycles. The van der Waals surface area contributed by atoms with Crippen LogP contribution in [0, 0.1) is 5.92 Å². The summed E-state index contributed by atoms with van der Waals surface area (Å²) in [5.74, 6) is 1.57. The van der Waals surface area contributed by atoms with E-state index in [0.29, 0.717) is 50.2 Å². The van der Waals surface area contributed by atoms with E-state index < -0.39 is 10.0 Å². The fourth-order valence-electron chi connectivity index (χ4n) is 2.68. The second-order valence-electron chi connectivity index (χ2n) is 6.94. The van der Waals surface area contributed by atoms with Gasteiger partial charge in [0, 0.05) is 32.3 Å².